The molecule has 2 aromatic heterocycles. The highest BCUT2D eigenvalue weighted by molar-refractivity contribution is 7.13. The number of carboxylic acid groups (broad SMARTS) is 1. The molecule has 0 spiro atoms. The molecule has 0 aliphatic carbocycles. The molecule has 0 aliphatic heterocycles. The van der Waals surface area contributed by atoms with Gasteiger partial charge in [0.25, 0.3) is 0 Å². The van der Waals surface area contributed by atoms with Gasteiger partial charge in [0.2, 0.25) is 0 Å². The van der Waals surface area contributed by atoms with Gasteiger partial charge in [-0.15, -0.1) is 16.4 Å². The Labute approximate surface area is 82.8 Å². The van der Waals surface area contributed by atoms with Crippen LogP contribution in [0, 0.1) is 0 Å². The van der Waals surface area contributed by atoms with Crippen LogP contribution in [0.2, 0.25) is 0 Å². The minimum atomic E-state index is -0.963. The predicted octanol–water partition coefficient (Wildman–Crippen LogP) is 0.486. The topological polar surface area (TPSA) is 80.9 Å². The molecule has 6 nitrogen and oxygen atoms in total. The monoisotopic (exact) mass is 210 g/mol. The first-order chi connectivity index (χ1) is 6.77. The van der Waals surface area contributed by atoms with Gasteiger partial charge in [0.1, 0.15) is 6.54 Å². The molecule has 2 rings (SSSR count). The molecular formula is C7H6N4O2S. The second kappa shape index (κ2) is 3.54. The summed E-state index contributed by atoms with van der Waals surface area (Å²) in [6, 6.07) is 3.70. The smallest absolute Gasteiger partial charge is 0.325 e. The van der Waals surface area contributed by atoms with Crippen molar-refractivity contribution in [1.82, 2.24) is 20.2 Å². The second-order valence-electron chi connectivity index (χ2n) is 2.53. The fraction of sp³-hybridized carbons (Fsp3) is 0.143. The summed E-state index contributed by atoms with van der Waals surface area (Å²) in [4.78, 5) is 11.3. The molecule has 0 saturated heterocycles. The number of nitrogens with zero attached hydrogens (tertiary/aromatic N) is 4. The summed E-state index contributed by atoms with van der Waals surface area (Å²) in [6.45, 7) is -0.222. The van der Waals surface area contributed by atoms with Crippen molar-refractivity contribution >= 4 is 17.3 Å². The molecule has 1 N–H and O–H groups in total. The Balaban J connectivity index is 2.35. The van der Waals surface area contributed by atoms with E-state index in [2.05, 4.69) is 15.5 Å². The zero-order valence-electron chi connectivity index (χ0n) is 6.99. The molecule has 2 heterocycles. The van der Waals surface area contributed by atoms with Crippen LogP contribution in [0.5, 0.6) is 0 Å². The van der Waals surface area contributed by atoms with Gasteiger partial charge < -0.3 is 5.11 Å². The first-order valence-electron chi connectivity index (χ1n) is 3.79. The SMILES string of the molecule is O=C(O)Cn1nnnc1-c1cccs1. The normalized spacial score (nSPS) is 10.3. The number of tetrazole rings is 1. The number of rotatable bonds is 3. The van der Waals surface area contributed by atoms with Crippen molar-refractivity contribution in [1.29, 1.82) is 0 Å². The number of carboxylic acids is 1. The standard InChI is InChI=1S/C7H6N4O2S/c12-6(13)4-11-7(8-9-10-11)5-2-1-3-14-5/h1-3H,4H2,(H,12,13). The average Bonchev–Trinajstić information content (AvgIpc) is 2.70. The Hall–Kier alpha value is -1.76. The molecule has 2 aromatic rings. The zero-order valence-corrected chi connectivity index (χ0v) is 7.81. The van der Waals surface area contributed by atoms with E-state index in [1.165, 1.54) is 16.0 Å². The van der Waals surface area contributed by atoms with Crippen LogP contribution >= 0.6 is 11.3 Å². The van der Waals surface area contributed by atoms with Gasteiger partial charge in [0.05, 0.1) is 4.88 Å². The molecule has 0 aliphatic rings. The Bertz CT molecular complexity index is 436. The molecule has 0 bridgehead atoms. The van der Waals surface area contributed by atoms with Crippen LogP contribution in [-0.4, -0.2) is 31.3 Å². The molecule has 0 atom stereocenters. The van der Waals surface area contributed by atoms with E-state index in [9.17, 15) is 4.79 Å². The molecular weight excluding hydrogens is 204 g/mol. The lowest BCUT2D eigenvalue weighted by molar-refractivity contribution is -0.137. The van der Waals surface area contributed by atoms with Crippen LogP contribution in [0.25, 0.3) is 10.7 Å². The fourth-order valence-corrected chi connectivity index (χ4v) is 1.73. The van der Waals surface area contributed by atoms with Crippen molar-refractivity contribution in [2.24, 2.45) is 0 Å². The van der Waals surface area contributed by atoms with Gasteiger partial charge >= 0.3 is 5.97 Å². The van der Waals surface area contributed by atoms with Crippen LogP contribution in [0.3, 0.4) is 0 Å². The highest BCUT2D eigenvalue weighted by Gasteiger charge is 2.11. The second-order valence-corrected chi connectivity index (χ2v) is 3.48. The largest absolute Gasteiger partial charge is 0.480 e. The predicted molar refractivity (Wildman–Crippen MR) is 48.8 cm³/mol. The lowest BCUT2D eigenvalue weighted by atomic mass is 10.4. The summed E-state index contributed by atoms with van der Waals surface area (Å²) < 4.78 is 1.26. The summed E-state index contributed by atoms with van der Waals surface area (Å²) in [5, 5.41) is 21.3. The molecule has 0 radical (unpaired) electrons. The fourth-order valence-electron chi connectivity index (χ4n) is 1.02. The van der Waals surface area contributed by atoms with Crippen LogP contribution in [0.4, 0.5) is 0 Å². The Morgan fingerprint density at radius 3 is 3.14 bits per heavy atom. The maximum Gasteiger partial charge on any atom is 0.325 e. The molecule has 14 heavy (non-hydrogen) atoms. The molecule has 7 heteroatoms. The van der Waals surface area contributed by atoms with E-state index in [0.717, 1.165) is 4.88 Å². The summed E-state index contributed by atoms with van der Waals surface area (Å²) in [6.07, 6.45) is 0. The summed E-state index contributed by atoms with van der Waals surface area (Å²) >= 11 is 1.47. The van der Waals surface area contributed by atoms with Crippen molar-refractivity contribution in [3.8, 4) is 10.7 Å². The number of hydrogen-bond acceptors (Lipinski definition) is 5. The van der Waals surface area contributed by atoms with Crippen molar-refractivity contribution in [2.75, 3.05) is 0 Å². The van der Waals surface area contributed by atoms with Gasteiger partial charge in [0, 0.05) is 0 Å². The maximum absolute atomic E-state index is 10.5. The number of thiophene rings is 1. The third-order valence-electron chi connectivity index (χ3n) is 1.56. The van der Waals surface area contributed by atoms with E-state index in [1.54, 1.807) is 0 Å². The molecule has 0 fully saturated rings. The van der Waals surface area contributed by atoms with E-state index in [1.807, 2.05) is 17.5 Å². The number of aliphatic carboxylic acids is 1. The Morgan fingerprint density at radius 2 is 2.50 bits per heavy atom. The van der Waals surface area contributed by atoms with Crippen LogP contribution in [0.15, 0.2) is 17.5 Å². The van der Waals surface area contributed by atoms with Gasteiger partial charge in [-0.3, -0.25) is 4.79 Å². The third kappa shape index (κ3) is 1.62. The van der Waals surface area contributed by atoms with Crippen molar-refractivity contribution in [3.63, 3.8) is 0 Å². The Morgan fingerprint density at radius 1 is 1.64 bits per heavy atom. The number of hydrogen-bond donors (Lipinski definition) is 1. The molecule has 0 saturated carbocycles. The van der Waals surface area contributed by atoms with Crippen molar-refractivity contribution < 1.29 is 9.90 Å². The zero-order chi connectivity index (χ0) is 9.97. The highest BCUT2D eigenvalue weighted by atomic mass is 32.1. The van der Waals surface area contributed by atoms with Crippen LogP contribution in [-0.2, 0) is 11.3 Å². The van der Waals surface area contributed by atoms with Gasteiger partial charge in [-0.05, 0) is 21.9 Å². The lowest BCUT2D eigenvalue weighted by Gasteiger charge is -1.97. The molecule has 0 aromatic carbocycles. The van der Waals surface area contributed by atoms with E-state index in [-0.39, 0.29) is 6.54 Å². The molecule has 0 unspecified atom stereocenters. The van der Waals surface area contributed by atoms with Crippen molar-refractivity contribution in [3.05, 3.63) is 17.5 Å². The lowest BCUT2D eigenvalue weighted by Crippen LogP contribution is -2.11. The van der Waals surface area contributed by atoms with Gasteiger partial charge in [-0.25, -0.2) is 4.68 Å². The van der Waals surface area contributed by atoms with Gasteiger partial charge in [-0.2, -0.15) is 0 Å². The molecule has 72 valence electrons. The van der Waals surface area contributed by atoms with E-state index in [0.29, 0.717) is 5.82 Å². The summed E-state index contributed by atoms with van der Waals surface area (Å²) in [7, 11) is 0. The van der Waals surface area contributed by atoms with E-state index < -0.39 is 5.97 Å². The summed E-state index contributed by atoms with van der Waals surface area (Å²) in [5.41, 5.74) is 0. The number of aromatic nitrogens is 4. The van der Waals surface area contributed by atoms with Crippen LogP contribution < -0.4 is 0 Å². The highest BCUT2D eigenvalue weighted by Crippen LogP contribution is 2.21. The molecule has 0 amide bonds. The third-order valence-corrected chi connectivity index (χ3v) is 2.42. The summed E-state index contributed by atoms with van der Waals surface area (Å²) in [5.74, 6) is -0.475. The maximum atomic E-state index is 10.5. The minimum Gasteiger partial charge on any atom is -0.480 e. The van der Waals surface area contributed by atoms with E-state index in [4.69, 9.17) is 5.11 Å². The first-order valence-corrected chi connectivity index (χ1v) is 4.67. The quantitative estimate of drug-likeness (QED) is 0.797. The minimum absolute atomic E-state index is 0.222. The van der Waals surface area contributed by atoms with Gasteiger partial charge in [0.15, 0.2) is 5.82 Å². The first kappa shape index (κ1) is 8.82. The van der Waals surface area contributed by atoms with Crippen molar-refractivity contribution in [2.45, 2.75) is 6.54 Å². The Kier molecular flexibility index (Phi) is 2.23. The average molecular weight is 210 g/mol. The van der Waals surface area contributed by atoms with E-state index >= 15 is 0 Å². The van der Waals surface area contributed by atoms with Crippen LogP contribution in [0.1, 0.15) is 0 Å². The van der Waals surface area contributed by atoms with Gasteiger partial charge in [-0.1, -0.05) is 6.07 Å². The number of carbonyl (C=O) groups is 1.